The molecule has 1 heterocycles. The number of carboxylic acid groups (broad SMARTS) is 1. The predicted octanol–water partition coefficient (Wildman–Crippen LogP) is 3.39. The number of aryl methyl sites for hydroxylation is 1. The van der Waals surface area contributed by atoms with Crippen LogP contribution < -0.4 is 0 Å². The summed E-state index contributed by atoms with van der Waals surface area (Å²) in [5.41, 5.74) is 0. The SMILES string of the molecule is Cc1sc2ccccc2c1SCC(=O)O. The van der Waals surface area contributed by atoms with E-state index in [1.54, 1.807) is 11.3 Å². The lowest BCUT2D eigenvalue weighted by Gasteiger charge is -1.97. The van der Waals surface area contributed by atoms with Crippen molar-refractivity contribution in [3.63, 3.8) is 0 Å². The molecule has 0 unspecified atom stereocenters. The van der Waals surface area contributed by atoms with Gasteiger partial charge in [-0.1, -0.05) is 18.2 Å². The second-order valence-corrected chi connectivity index (χ2v) is 5.41. The lowest BCUT2D eigenvalue weighted by atomic mass is 10.2. The van der Waals surface area contributed by atoms with Gasteiger partial charge in [0.2, 0.25) is 0 Å². The minimum absolute atomic E-state index is 0.127. The summed E-state index contributed by atoms with van der Waals surface area (Å²) in [4.78, 5) is 12.8. The molecule has 0 amide bonds. The van der Waals surface area contributed by atoms with Gasteiger partial charge in [0.1, 0.15) is 0 Å². The summed E-state index contributed by atoms with van der Waals surface area (Å²) in [5, 5.41) is 9.83. The zero-order valence-corrected chi connectivity index (χ0v) is 9.82. The quantitative estimate of drug-likeness (QED) is 0.833. The number of hydrogen-bond acceptors (Lipinski definition) is 3. The third kappa shape index (κ3) is 2.16. The summed E-state index contributed by atoms with van der Waals surface area (Å²) in [6, 6.07) is 8.10. The standard InChI is InChI=1S/C11H10O2S2/c1-7-11(14-6-10(12)13)8-4-2-3-5-9(8)15-7/h2-5H,6H2,1H3,(H,12,13). The molecule has 2 nitrogen and oxygen atoms in total. The topological polar surface area (TPSA) is 37.3 Å². The van der Waals surface area contributed by atoms with Gasteiger partial charge >= 0.3 is 5.97 Å². The Labute approximate surface area is 95.9 Å². The van der Waals surface area contributed by atoms with Crippen molar-refractivity contribution in [2.75, 3.05) is 5.75 Å². The van der Waals surface area contributed by atoms with Crippen molar-refractivity contribution in [2.45, 2.75) is 11.8 Å². The predicted molar refractivity (Wildman–Crippen MR) is 64.9 cm³/mol. The molecule has 78 valence electrons. The van der Waals surface area contributed by atoms with Crippen LogP contribution in [0.2, 0.25) is 0 Å². The van der Waals surface area contributed by atoms with Crippen LogP contribution in [0.1, 0.15) is 4.88 Å². The highest BCUT2D eigenvalue weighted by atomic mass is 32.2. The molecule has 1 aromatic carbocycles. The summed E-state index contributed by atoms with van der Waals surface area (Å²) in [6.45, 7) is 2.04. The van der Waals surface area contributed by atoms with Crippen molar-refractivity contribution >= 4 is 39.2 Å². The molecule has 0 saturated heterocycles. The van der Waals surface area contributed by atoms with Crippen LogP contribution in [0.25, 0.3) is 10.1 Å². The van der Waals surface area contributed by atoms with Gasteiger partial charge in [0.05, 0.1) is 5.75 Å². The maximum atomic E-state index is 10.5. The molecule has 15 heavy (non-hydrogen) atoms. The molecule has 0 radical (unpaired) electrons. The average molecular weight is 238 g/mol. The van der Waals surface area contributed by atoms with E-state index in [1.165, 1.54) is 26.7 Å². The van der Waals surface area contributed by atoms with Crippen molar-refractivity contribution < 1.29 is 9.90 Å². The zero-order chi connectivity index (χ0) is 10.8. The van der Waals surface area contributed by atoms with Gasteiger partial charge in [-0.25, -0.2) is 0 Å². The van der Waals surface area contributed by atoms with Crippen molar-refractivity contribution in [2.24, 2.45) is 0 Å². The number of thioether (sulfide) groups is 1. The second-order valence-electron chi connectivity index (χ2n) is 3.17. The summed E-state index contributed by atoms with van der Waals surface area (Å²) in [6.07, 6.45) is 0. The van der Waals surface area contributed by atoms with Gasteiger partial charge in [-0.15, -0.1) is 23.1 Å². The monoisotopic (exact) mass is 238 g/mol. The number of fused-ring (bicyclic) bond motifs is 1. The number of carboxylic acids is 1. The molecule has 0 spiro atoms. The maximum absolute atomic E-state index is 10.5. The molecular formula is C11H10O2S2. The Balaban J connectivity index is 2.40. The fourth-order valence-electron chi connectivity index (χ4n) is 1.46. The van der Waals surface area contributed by atoms with Gasteiger partial charge < -0.3 is 5.11 Å². The van der Waals surface area contributed by atoms with Crippen molar-refractivity contribution in [1.82, 2.24) is 0 Å². The summed E-state index contributed by atoms with van der Waals surface area (Å²) >= 11 is 3.12. The molecule has 1 aromatic heterocycles. The Bertz CT molecular complexity index is 502. The lowest BCUT2D eigenvalue weighted by Crippen LogP contribution is -1.97. The highest BCUT2D eigenvalue weighted by Gasteiger charge is 2.10. The number of hydrogen-bond donors (Lipinski definition) is 1. The number of carbonyl (C=O) groups is 1. The molecule has 1 N–H and O–H groups in total. The first-order valence-corrected chi connectivity index (χ1v) is 6.31. The highest BCUT2D eigenvalue weighted by molar-refractivity contribution is 8.00. The molecule has 0 atom stereocenters. The van der Waals surface area contributed by atoms with E-state index in [-0.39, 0.29) is 5.75 Å². The zero-order valence-electron chi connectivity index (χ0n) is 8.19. The van der Waals surface area contributed by atoms with E-state index < -0.39 is 5.97 Å². The second kappa shape index (κ2) is 4.24. The van der Waals surface area contributed by atoms with Gasteiger partial charge in [-0.3, -0.25) is 4.79 Å². The molecule has 4 heteroatoms. The van der Waals surface area contributed by atoms with E-state index in [0.717, 1.165) is 4.90 Å². The van der Waals surface area contributed by atoms with Crippen LogP contribution in [0, 0.1) is 6.92 Å². The van der Waals surface area contributed by atoms with E-state index in [0.29, 0.717) is 0 Å². The molecule has 0 aliphatic heterocycles. The summed E-state index contributed by atoms with van der Waals surface area (Å²) in [7, 11) is 0. The number of thiophene rings is 1. The normalized spacial score (nSPS) is 10.7. The molecule has 2 aromatic rings. The smallest absolute Gasteiger partial charge is 0.313 e. The van der Waals surface area contributed by atoms with Crippen LogP contribution >= 0.6 is 23.1 Å². The Morgan fingerprint density at radius 1 is 1.47 bits per heavy atom. The van der Waals surface area contributed by atoms with Crippen LogP contribution in [0.15, 0.2) is 29.2 Å². The maximum Gasteiger partial charge on any atom is 0.313 e. The van der Waals surface area contributed by atoms with Gasteiger partial charge in [-0.2, -0.15) is 0 Å². The Kier molecular flexibility index (Phi) is 2.98. The number of rotatable bonds is 3. The molecule has 0 aliphatic carbocycles. The van der Waals surface area contributed by atoms with Gasteiger partial charge in [-0.05, 0) is 13.0 Å². The first-order valence-electron chi connectivity index (χ1n) is 4.51. The molecule has 0 saturated carbocycles. The Morgan fingerprint density at radius 2 is 2.20 bits per heavy atom. The first-order chi connectivity index (χ1) is 7.18. The molecular weight excluding hydrogens is 228 g/mol. The summed E-state index contributed by atoms with van der Waals surface area (Å²) < 4.78 is 1.22. The Morgan fingerprint density at radius 3 is 2.93 bits per heavy atom. The highest BCUT2D eigenvalue weighted by Crippen LogP contribution is 2.37. The van der Waals surface area contributed by atoms with Gasteiger partial charge in [0.25, 0.3) is 0 Å². The summed E-state index contributed by atoms with van der Waals surface area (Å²) in [5.74, 6) is -0.642. The molecule has 0 bridgehead atoms. The number of aliphatic carboxylic acids is 1. The van der Waals surface area contributed by atoms with Gasteiger partial charge in [0.15, 0.2) is 0 Å². The fourth-order valence-corrected chi connectivity index (χ4v) is 3.59. The lowest BCUT2D eigenvalue weighted by molar-refractivity contribution is -0.133. The largest absolute Gasteiger partial charge is 0.481 e. The fraction of sp³-hybridized carbons (Fsp3) is 0.182. The minimum Gasteiger partial charge on any atom is -0.481 e. The third-order valence-corrected chi connectivity index (χ3v) is 4.48. The van der Waals surface area contributed by atoms with Crippen LogP contribution in [0.4, 0.5) is 0 Å². The van der Waals surface area contributed by atoms with E-state index in [2.05, 4.69) is 6.07 Å². The van der Waals surface area contributed by atoms with Crippen LogP contribution in [-0.4, -0.2) is 16.8 Å². The molecule has 2 rings (SSSR count). The van der Waals surface area contributed by atoms with Crippen LogP contribution in [-0.2, 0) is 4.79 Å². The average Bonchev–Trinajstić information content (AvgIpc) is 2.50. The van der Waals surface area contributed by atoms with E-state index in [1.807, 2.05) is 25.1 Å². The minimum atomic E-state index is -0.769. The molecule has 0 aliphatic rings. The Hall–Kier alpha value is -1.00. The van der Waals surface area contributed by atoms with Gasteiger partial charge in [0, 0.05) is 19.9 Å². The van der Waals surface area contributed by atoms with Crippen molar-refractivity contribution in [3.05, 3.63) is 29.1 Å². The first kappa shape index (κ1) is 10.5. The third-order valence-electron chi connectivity index (χ3n) is 2.05. The van der Waals surface area contributed by atoms with E-state index in [9.17, 15) is 4.79 Å². The molecule has 0 fully saturated rings. The van der Waals surface area contributed by atoms with E-state index in [4.69, 9.17) is 5.11 Å². The van der Waals surface area contributed by atoms with Crippen LogP contribution in [0.3, 0.4) is 0 Å². The number of benzene rings is 1. The van der Waals surface area contributed by atoms with Crippen LogP contribution in [0.5, 0.6) is 0 Å². The van der Waals surface area contributed by atoms with E-state index >= 15 is 0 Å². The van der Waals surface area contributed by atoms with Crippen molar-refractivity contribution in [3.8, 4) is 0 Å². The van der Waals surface area contributed by atoms with Crippen molar-refractivity contribution in [1.29, 1.82) is 0 Å².